The Morgan fingerprint density at radius 3 is 2.35 bits per heavy atom. The molecule has 1 atom stereocenters. The number of nitrogens with one attached hydrogen (secondary N) is 3. The van der Waals surface area contributed by atoms with Crippen molar-refractivity contribution in [2.24, 2.45) is 0 Å². The number of ether oxygens (including phenoxy) is 1. The third-order valence-corrected chi connectivity index (χ3v) is 5.17. The molecule has 1 aromatic heterocycles. The van der Waals surface area contributed by atoms with Crippen molar-refractivity contribution in [2.45, 2.75) is 64.5 Å². The molecule has 184 valence electrons. The number of hydrogen-bond acceptors (Lipinski definition) is 7. The van der Waals surface area contributed by atoms with E-state index >= 15 is 0 Å². The molecule has 2 aromatic rings. The van der Waals surface area contributed by atoms with Gasteiger partial charge in [0.15, 0.2) is 0 Å². The van der Waals surface area contributed by atoms with E-state index in [1.807, 2.05) is 36.4 Å². The van der Waals surface area contributed by atoms with Gasteiger partial charge in [0.25, 0.3) is 0 Å². The van der Waals surface area contributed by atoms with Crippen LogP contribution in [0, 0.1) is 0 Å². The number of aromatic nitrogens is 1. The van der Waals surface area contributed by atoms with Gasteiger partial charge in [-0.3, -0.25) is 29.9 Å². The second-order valence-electron chi connectivity index (χ2n) is 7.95. The maximum atomic E-state index is 12.4. The van der Waals surface area contributed by atoms with Crippen LogP contribution in [0.1, 0.15) is 56.6 Å². The summed E-state index contributed by atoms with van der Waals surface area (Å²) in [5.74, 6) is -0.803. The van der Waals surface area contributed by atoms with Crippen molar-refractivity contribution in [1.29, 1.82) is 0 Å². The second-order valence-corrected chi connectivity index (χ2v) is 7.95. The molecule has 1 aromatic carbocycles. The number of hydroxylamine groups is 1. The normalized spacial score (nSPS) is 11.5. The van der Waals surface area contributed by atoms with Crippen molar-refractivity contribution in [1.82, 2.24) is 15.8 Å². The van der Waals surface area contributed by atoms with E-state index in [1.165, 1.54) is 0 Å². The number of carbonyl (C=O) groups excluding carboxylic acids is 3. The SMILES string of the molecule is CCOC(=O)[C@H](Cc1ccccc1)NCc1cncc(NC(=O)CCCCCCC(=O)NO)c1. The first-order valence-electron chi connectivity index (χ1n) is 11.6. The van der Waals surface area contributed by atoms with E-state index in [4.69, 9.17) is 9.94 Å². The van der Waals surface area contributed by atoms with Crippen LogP contribution in [0.25, 0.3) is 0 Å². The Morgan fingerprint density at radius 2 is 1.68 bits per heavy atom. The molecule has 0 spiro atoms. The number of hydrogen-bond donors (Lipinski definition) is 4. The zero-order valence-electron chi connectivity index (χ0n) is 19.6. The van der Waals surface area contributed by atoms with Gasteiger partial charge in [-0.25, -0.2) is 5.48 Å². The van der Waals surface area contributed by atoms with Crippen LogP contribution < -0.4 is 16.1 Å². The van der Waals surface area contributed by atoms with Gasteiger partial charge in [0.05, 0.1) is 18.5 Å². The summed E-state index contributed by atoms with van der Waals surface area (Å²) in [4.78, 5) is 39.8. The quantitative estimate of drug-likeness (QED) is 0.136. The molecule has 9 nitrogen and oxygen atoms in total. The predicted molar refractivity (Wildman–Crippen MR) is 128 cm³/mol. The number of nitrogens with zero attached hydrogens (tertiary/aromatic N) is 1. The highest BCUT2D eigenvalue weighted by molar-refractivity contribution is 5.90. The highest BCUT2D eigenvalue weighted by Gasteiger charge is 2.20. The third-order valence-electron chi connectivity index (χ3n) is 5.17. The van der Waals surface area contributed by atoms with E-state index in [1.54, 1.807) is 24.8 Å². The minimum Gasteiger partial charge on any atom is -0.465 e. The lowest BCUT2D eigenvalue weighted by Gasteiger charge is -2.17. The van der Waals surface area contributed by atoms with Crippen molar-refractivity contribution in [3.63, 3.8) is 0 Å². The summed E-state index contributed by atoms with van der Waals surface area (Å²) in [5.41, 5.74) is 4.07. The van der Waals surface area contributed by atoms with E-state index in [0.717, 1.165) is 24.0 Å². The van der Waals surface area contributed by atoms with Gasteiger partial charge < -0.3 is 10.1 Å². The Labute approximate surface area is 200 Å². The van der Waals surface area contributed by atoms with E-state index in [9.17, 15) is 14.4 Å². The smallest absolute Gasteiger partial charge is 0.323 e. The molecule has 34 heavy (non-hydrogen) atoms. The van der Waals surface area contributed by atoms with Gasteiger partial charge in [0.1, 0.15) is 6.04 Å². The van der Waals surface area contributed by atoms with Gasteiger partial charge >= 0.3 is 5.97 Å². The average molecular weight is 471 g/mol. The zero-order valence-corrected chi connectivity index (χ0v) is 19.6. The molecule has 0 aliphatic carbocycles. The molecule has 1 heterocycles. The average Bonchev–Trinajstić information content (AvgIpc) is 2.84. The third kappa shape index (κ3) is 10.5. The van der Waals surface area contributed by atoms with E-state index in [-0.39, 0.29) is 18.3 Å². The van der Waals surface area contributed by atoms with E-state index < -0.39 is 11.9 Å². The molecule has 0 aliphatic heterocycles. The highest BCUT2D eigenvalue weighted by atomic mass is 16.5. The van der Waals surface area contributed by atoms with Crippen molar-refractivity contribution >= 4 is 23.5 Å². The van der Waals surface area contributed by atoms with Crippen LogP contribution in [0.2, 0.25) is 0 Å². The molecular weight excluding hydrogens is 436 g/mol. The van der Waals surface area contributed by atoms with Crippen LogP contribution >= 0.6 is 0 Å². The molecule has 0 radical (unpaired) electrons. The number of benzene rings is 1. The maximum absolute atomic E-state index is 12.4. The first-order chi connectivity index (χ1) is 16.5. The molecule has 2 amide bonds. The predicted octanol–water partition coefficient (Wildman–Crippen LogP) is 3.13. The zero-order chi connectivity index (χ0) is 24.6. The second kappa shape index (κ2) is 15.5. The number of anilines is 1. The Bertz CT molecular complexity index is 907. The van der Waals surface area contributed by atoms with E-state index in [0.29, 0.717) is 44.5 Å². The first kappa shape index (κ1) is 26.9. The van der Waals surface area contributed by atoms with Crippen molar-refractivity contribution in [2.75, 3.05) is 11.9 Å². The lowest BCUT2D eigenvalue weighted by atomic mass is 10.1. The molecule has 0 saturated carbocycles. The van der Waals surface area contributed by atoms with Crippen LogP contribution in [0.15, 0.2) is 48.8 Å². The fraction of sp³-hybridized carbons (Fsp3) is 0.440. The van der Waals surface area contributed by atoms with E-state index in [2.05, 4.69) is 15.6 Å². The molecule has 0 saturated heterocycles. The Kier molecular flexibility index (Phi) is 12.3. The largest absolute Gasteiger partial charge is 0.465 e. The molecular formula is C25H34N4O5. The van der Waals surface area contributed by atoms with Gasteiger partial charge in [-0.15, -0.1) is 0 Å². The van der Waals surface area contributed by atoms with Crippen LogP contribution in [0.4, 0.5) is 5.69 Å². The van der Waals surface area contributed by atoms with Crippen LogP contribution in [0.3, 0.4) is 0 Å². The minimum atomic E-state index is -0.496. The fourth-order valence-corrected chi connectivity index (χ4v) is 3.43. The van der Waals surface area contributed by atoms with Gasteiger partial charge in [0, 0.05) is 25.6 Å². The monoisotopic (exact) mass is 470 g/mol. The lowest BCUT2D eigenvalue weighted by Crippen LogP contribution is -2.39. The number of esters is 1. The lowest BCUT2D eigenvalue weighted by molar-refractivity contribution is -0.145. The highest BCUT2D eigenvalue weighted by Crippen LogP contribution is 2.12. The summed E-state index contributed by atoms with van der Waals surface area (Å²) in [6.45, 7) is 2.49. The molecule has 0 fully saturated rings. The Balaban J connectivity index is 1.81. The van der Waals surface area contributed by atoms with Crippen molar-refractivity contribution in [3.8, 4) is 0 Å². The molecule has 0 unspecified atom stereocenters. The van der Waals surface area contributed by atoms with Gasteiger partial charge in [0.2, 0.25) is 11.8 Å². The fourth-order valence-electron chi connectivity index (χ4n) is 3.43. The number of rotatable bonds is 15. The standard InChI is InChI=1S/C25H34N4O5/c1-2-34-25(32)22(15-19-10-6-5-7-11-19)27-17-20-14-21(18-26-16-20)28-23(30)12-8-3-4-9-13-24(31)29-33/h5-7,10-11,14,16,18,22,27,33H,2-4,8-9,12-13,15,17H2,1H3,(H,28,30)(H,29,31)/t22-/m0/s1. The summed E-state index contributed by atoms with van der Waals surface area (Å²) in [6, 6.07) is 11.1. The molecule has 4 N–H and O–H groups in total. The minimum absolute atomic E-state index is 0.103. The molecule has 0 bridgehead atoms. The summed E-state index contributed by atoms with van der Waals surface area (Å²) in [7, 11) is 0. The van der Waals surface area contributed by atoms with Gasteiger partial charge in [-0.05, 0) is 43.4 Å². The van der Waals surface area contributed by atoms with Crippen LogP contribution in [-0.2, 0) is 32.1 Å². The van der Waals surface area contributed by atoms with Crippen molar-refractivity contribution < 1.29 is 24.3 Å². The Hall–Kier alpha value is -3.30. The summed E-state index contributed by atoms with van der Waals surface area (Å²) < 4.78 is 5.22. The van der Waals surface area contributed by atoms with Crippen molar-refractivity contribution in [3.05, 3.63) is 59.9 Å². The summed E-state index contributed by atoms with van der Waals surface area (Å²) in [5, 5.41) is 14.6. The number of amides is 2. The molecule has 0 aliphatic rings. The number of pyridine rings is 1. The summed E-state index contributed by atoms with van der Waals surface area (Å²) in [6.07, 6.45) is 7.45. The first-order valence-corrected chi connectivity index (χ1v) is 11.6. The van der Waals surface area contributed by atoms with Crippen LogP contribution in [-0.4, -0.2) is 40.6 Å². The molecule has 2 rings (SSSR count). The van der Waals surface area contributed by atoms with Gasteiger partial charge in [-0.2, -0.15) is 0 Å². The number of carbonyl (C=O) groups is 3. The Morgan fingerprint density at radius 1 is 0.971 bits per heavy atom. The van der Waals surface area contributed by atoms with Crippen LogP contribution in [0.5, 0.6) is 0 Å². The maximum Gasteiger partial charge on any atom is 0.323 e. The number of unbranched alkanes of at least 4 members (excludes halogenated alkanes) is 3. The topological polar surface area (TPSA) is 130 Å². The van der Waals surface area contributed by atoms with Gasteiger partial charge in [-0.1, -0.05) is 43.2 Å². The molecule has 9 heteroatoms. The summed E-state index contributed by atoms with van der Waals surface area (Å²) >= 11 is 0.